The van der Waals surface area contributed by atoms with Gasteiger partial charge in [-0.3, -0.25) is 9.36 Å². The van der Waals surface area contributed by atoms with E-state index in [0.29, 0.717) is 38.3 Å². The number of halogens is 1. The maximum Gasteiger partial charge on any atom is 0.266 e. The summed E-state index contributed by atoms with van der Waals surface area (Å²) in [6, 6.07) is 12.5. The number of thioether (sulfide) groups is 1. The molecule has 2 aromatic carbocycles. The molecular weight excluding hydrogens is 410 g/mol. The van der Waals surface area contributed by atoms with Crippen molar-refractivity contribution < 1.29 is 9.26 Å². The van der Waals surface area contributed by atoms with Crippen molar-refractivity contribution >= 4 is 34.3 Å². The normalized spacial score (nSPS) is 11.2. The molecule has 2 heterocycles. The number of nitrogens with zero attached hydrogens (tertiary/aromatic N) is 3. The lowest BCUT2D eigenvalue weighted by molar-refractivity contribution is 0.392. The molecule has 2 aromatic heterocycles. The predicted molar refractivity (Wildman–Crippen MR) is 114 cm³/mol. The molecule has 0 aliphatic rings. The number of aryl methyl sites for hydroxylation is 2. The first-order chi connectivity index (χ1) is 14.0. The number of fused-ring (bicyclic) bond motifs is 1. The van der Waals surface area contributed by atoms with E-state index in [1.165, 1.54) is 11.8 Å². The van der Waals surface area contributed by atoms with E-state index in [9.17, 15) is 4.79 Å². The molecule has 0 saturated heterocycles. The molecule has 0 fully saturated rings. The number of ether oxygens (including phenoxy) is 1. The van der Waals surface area contributed by atoms with Gasteiger partial charge in [0.2, 0.25) is 0 Å². The number of methoxy groups -OCH3 is 1. The molecule has 4 aromatic rings. The first-order valence-electron chi connectivity index (χ1n) is 8.90. The molecule has 0 aliphatic heterocycles. The average molecular weight is 428 g/mol. The van der Waals surface area contributed by atoms with Gasteiger partial charge in [0.15, 0.2) is 5.16 Å². The highest BCUT2D eigenvalue weighted by Crippen LogP contribution is 2.30. The number of hydrogen-bond donors (Lipinski definition) is 0. The van der Waals surface area contributed by atoms with Crippen molar-refractivity contribution in [2.45, 2.75) is 24.8 Å². The van der Waals surface area contributed by atoms with Gasteiger partial charge in [-0.05, 0) is 44.2 Å². The molecule has 0 atom stereocenters. The summed E-state index contributed by atoms with van der Waals surface area (Å²) in [5.41, 5.74) is 2.81. The molecular formula is C21H18ClN3O3S. The van der Waals surface area contributed by atoms with E-state index in [1.54, 1.807) is 29.9 Å². The van der Waals surface area contributed by atoms with Gasteiger partial charge in [-0.25, -0.2) is 4.98 Å². The number of aromatic nitrogens is 3. The van der Waals surface area contributed by atoms with E-state index in [-0.39, 0.29) is 5.56 Å². The summed E-state index contributed by atoms with van der Waals surface area (Å²) >= 11 is 7.57. The second-order valence-corrected chi connectivity index (χ2v) is 7.84. The van der Waals surface area contributed by atoms with E-state index in [0.717, 1.165) is 17.0 Å². The van der Waals surface area contributed by atoms with Crippen molar-refractivity contribution in [2.24, 2.45) is 0 Å². The average Bonchev–Trinajstić information content (AvgIpc) is 3.03. The van der Waals surface area contributed by atoms with E-state index in [2.05, 4.69) is 5.16 Å². The van der Waals surface area contributed by atoms with Gasteiger partial charge in [-0.1, -0.05) is 40.7 Å². The van der Waals surface area contributed by atoms with Crippen LogP contribution in [-0.4, -0.2) is 21.8 Å². The summed E-state index contributed by atoms with van der Waals surface area (Å²) in [4.78, 5) is 18.1. The molecule has 0 amide bonds. The third-order valence-corrected chi connectivity index (χ3v) is 5.85. The topological polar surface area (TPSA) is 70.2 Å². The quantitative estimate of drug-likeness (QED) is 0.331. The second-order valence-electron chi connectivity index (χ2n) is 6.46. The smallest absolute Gasteiger partial charge is 0.266 e. The minimum Gasteiger partial charge on any atom is -0.495 e. The SMILES string of the molecule is COc1ccccc1-n1c(SCc2c(C)noc2C)nc2cc(Cl)ccc2c1=O. The van der Waals surface area contributed by atoms with Gasteiger partial charge in [0.25, 0.3) is 5.56 Å². The lowest BCUT2D eigenvalue weighted by Gasteiger charge is -2.15. The standard InChI is InChI=1S/C21H18ClN3O3S/c1-12-16(13(2)28-24-12)11-29-21-23-17-10-14(22)8-9-15(17)20(26)25(21)18-6-4-5-7-19(18)27-3/h4-10H,11H2,1-3H3. The number of para-hydroxylation sites is 2. The summed E-state index contributed by atoms with van der Waals surface area (Å²) < 4.78 is 12.3. The Morgan fingerprint density at radius 3 is 2.72 bits per heavy atom. The van der Waals surface area contributed by atoms with Crippen LogP contribution >= 0.6 is 23.4 Å². The van der Waals surface area contributed by atoms with E-state index < -0.39 is 0 Å². The van der Waals surface area contributed by atoms with Gasteiger partial charge < -0.3 is 9.26 Å². The molecule has 0 aliphatic carbocycles. The van der Waals surface area contributed by atoms with Gasteiger partial charge in [0, 0.05) is 16.3 Å². The van der Waals surface area contributed by atoms with Gasteiger partial charge in [-0.15, -0.1) is 0 Å². The Bertz CT molecular complexity index is 1250. The number of hydrogen-bond acceptors (Lipinski definition) is 6. The van der Waals surface area contributed by atoms with Crippen molar-refractivity contribution in [1.29, 1.82) is 0 Å². The fourth-order valence-electron chi connectivity index (χ4n) is 3.11. The molecule has 148 valence electrons. The maximum absolute atomic E-state index is 13.4. The molecule has 0 unspecified atom stereocenters. The first kappa shape index (κ1) is 19.5. The number of benzene rings is 2. The predicted octanol–water partition coefficient (Wildman–Crippen LogP) is 4.94. The zero-order valence-electron chi connectivity index (χ0n) is 16.1. The van der Waals surface area contributed by atoms with Crippen molar-refractivity contribution in [3.05, 3.63) is 74.9 Å². The molecule has 6 nitrogen and oxygen atoms in total. The third kappa shape index (κ3) is 3.63. The fourth-order valence-corrected chi connectivity index (χ4v) is 4.43. The summed E-state index contributed by atoms with van der Waals surface area (Å²) in [5, 5.41) is 5.55. The Morgan fingerprint density at radius 2 is 2.00 bits per heavy atom. The zero-order valence-corrected chi connectivity index (χ0v) is 17.7. The van der Waals surface area contributed by atoms with Crippen LogP contribution in [0.3, 0.4) is 0 Å². The van der Waals surface area contributed by atoms with Crippen LogP contribution in [0.1, 0.15) is 17.0 Å². The Kier molecular flexibility index (Phi) is 5.34. The van der Waals surface area contributed by atoms with Crippen molar-refractivity contribution in [2.75, 3.05) is 7.11 Å². The second kappa shape index (κ2) is 7.93. The minimum absolute atomic E-state index is 0.183. The Labute approximate surface area is 176 Å². The van der Waals surface area contributed by atoms with E-state index in [1.807, 2.05) is 38.1 Å². The van der Waals surface area contributed by atoms with Crippen LogP contribution in [0.25, 0.3) is 16.6 Å². The summed E-state index contributed by atoms with van der Waals surface area (Å²) in [6.07, 6.45) is 0. The molecule has 0 radical (unpaired) electrons. The maximum atomic E-state index is 13.4. The third-order valence-electron chi connectivity index (χ3n) is 4.65. The lowest BCUT2D eigenvalue weighted by atomic mass is 10.2. The molecule has 0 N–H and O–H groups in total. The molecule has 29 heavy (non-hydrogen) atoms. The zero-order chi connectivity index (χ0) is 20.5. The summed E-state index contributed by atoms with van der Waals surface area (Å²) in [5.74, 6) is 1.91. The van der Waals surface area contributed by atoms with Crippen LogP contribution in [0.5, 0.6) is 5.75 Å². The molecule has 4 rings (SSSR count). The van der Waals surface area contributed by atoms with Crippen LogP contribution in [0.15, 0.2) is 56.9 Å². The first-order valence-corrected chi connectivity index (χ1v) is 10.3. The molecule has 8 heteroatoms. The lowest BCUT2D eigenvalue weighted by Crippen LogP contribution is -2.22. The van der Waals surface area contributed by atoms with Crippen LogP contribution < -0.4 is 10.3 Å². The minimum atomic E-state index is -0.183. The van der Waals surface area contributed by atoms with Crippen LogP contribution in [0.2, 0.25) is 5.02 Å². The van der Waals surface area contributed by atoms with Crippen LogP contribution in [-0.2, 0) is 5.75 Å². The van der Waals surface area contributed by atoms with E-state index >= 15 is 0 Å². The van der Waals surface area contributed by atoms with Crippen LogP contribution in [0, 0.1) is 13.8 Å². The molecule has 0 spiro atoms. The van der Waals surface area contributed by atoms with Gasteiger partial charge in [0.1, 0.15) is 11.5 Å². The Morgan fingerprint density at radius 1 is 1.21 bits per heavy atom. The highest BCUT2D eigenvalue weighted by atomic mass is 35.5. The van der Waals surface area contributed by atoms with Gasteiger partial charge >= 0.3 is 0 Å². The highest BCUT2D eigenvalue weighted by molar-refractivity contribution is 7.98. The largest absolute Gasteiger partial charge is 0.495 e. The van der Waals surface area contributed by atoms with Gasteiger partial charge in [0.05, 0.1) is 29.4 Å². The Balaban J connectivity index is 1.92. The Hall–Kier alpha value is -2.77. The van der Waals surface area contributed by atoms with Crippen LogP contribution in [0.4, 0.5) is 0 Å². The van der Waals surface area contributed by atoms with Gasteiger partial charge in [-0.2, -0.15) is 0 Å². The summed E-state index contributed by atoms with van der Waals surface area (Å²) in [7, 11) is 1.58. The monoisotopic (exact) mass is 427 g/mol. The van der Waals surface area contributed by atoms with Crippen molar-refractivity contribution in [1.82, 2.24) is 14.7 Å². The van der Waals surface area contributed by atoms with E-state index in [4.69, 9.17) is 25.8 Å². The summed E-state index contributed by atoms with van der Waals surface area (Å²) in [6.45, 7) is 3.77. The van der Waals surface area contributed by atoms with Crippen molar-refractivity contribution in [3.63, 3.8) is 0 Å². The molecule has 0 bridgehead atoms. The van der Waals surface area contributed by atoms with Crippen molar-refractivity contribution in [3.8, 4) is 11.4 Å². The molecule has 0 saturated carbocycles. The number of rotatable bonds is 5. The highest BCUT2D eigenvalue weighted by Gasteiger charge is 2.18. The fraction of sp³-hybridized carbons (Fsp3) is 0.190.